The number of nitrogens with zero attached hydrogens (tertiary/aromatic N) is 1. The molecule has 0 radical (unpaired) electrons. The molecule has 0 aromatic heterocycles. The van der Waals surface area contributed by atoms with Crippen LogP contribution in [0.15, 0.2) is 29.3 Å². The minimum absolute atomic E-state index is 0.107. The highest BCUT2D eigenvalue weighted by Gasteiger charge is 2.35. The van der Waals surface area contributed by atoms with Crippen molar-refractivity contribution in [3.8, 4) is 0 Å². The number of halogens is 1. The van der Waals surface area contributed by atoms with Crippen molar-refractivity contribution < 1.29 is 9.47 Å². The van der Waals surface area contributed by atoms with Gasteiger partial charge in [-0.25, -0.2) is 0 Å². The van der Waals surface area contributed by atoms with E-state index < -0.39 is 0 Å². The number of benzene rings is 1. The fourth-order valence-electron chi connectivity index (χ4n) is 2.74. The summed E-state index contributed by atoms with van der Waals surface area (Å²) in [6.45, 7) is 3.29. The molecule has 1 aliphatic rings. The number of guanidine groups is 1. The molecule has 1 aromatic carbocycles. The lowest BCUT2D eigenvalue weighted by Crippen LogP contribution is -2.40. The number of nitrogens with two attached hydrogens (primary N) is 1. The highest BCUT2D eigenvalue weighted by Crippen LogP contribution is 2.38. The van der Waals surface area contributed by atoms with Crippen LogP contribution in [0.4, 0.5) is 0 Å². The molecule has 0 aliphatic carbocycles. The SMILES string of the molecule is COCCNC(N)=NCC1(c2ccccc2Cl)CCOCC1. The Morgan fingerprint density at radius 3 is 2.82 bits per heavy atom. The molecule has 1 aromatic rings. The number of methoxy groups -OCH3 is 1. The number of aliphatic imine (C=N–C) groups is 1. The first-order valence-corrected chi connectivity index (χ1v) is 7.91. The first-order valence-electron chi connectivity index (χ1n) is 7.53. The van der Waals surface area contributed by atoms with Crippen LogP contribution < -0.4 is 11.1 Å². The Labute approximate surface area is 136 Å². The largest absolute Gasteiger partial charge is 0.383 e. The highest BCUT2D eigenvalue weighted by atomic mass is 35.5. The molecule has 0 unspecified atom stereocenters. The van der Waals surface area contributed by atoms with Crippen LogP contribution in [0.3, 0.4) is 0 Å². The first-order chi connectivity index (χ1) is 10.7. The summed E-state index contributed by atoms with van der Waals surface area (Å²) in [5, 5.41) is 3.83. The molecule has 1 heterocycles. The minimum atomic E-state index is -0.107. The van der Waals surface area contributed by atoms with Crippen LogP contribution in [0, 0.1) is 0 Å². The Hall–Kier alpha value is -1.30. The number of hydrogen-bond acceptors (Lipinski definition) is 3. The van der Waals surface area contributed by atoms with Gasteiger partial charge in [0.25, 0.3) is 0 Å². The van der Waals surface area contributed by atoms with Gasteiger partial charge < -0.3 is 20.5 Å². The maximum Gasteiger partial charge on any atom is 0.188 e. The van der Waals surface area contributed by atoms with Crippen molar-refractivity contribution in [2.75, 3.05) is 40.0 Å². The molecule has 1 aliphatic heterocycles. The van der Waals surface area contributed by atoms with Gasteiger partial charge in [0.15, 0.2) is 5.96 Å². The van der Waals surface area contributed by atoms with Crippen LogP contribution in [-0.2, 0) is 14.9 Å². The van der Waals surface area contributed by atoms with E-state index in [1.54, 1.807) is 7.11 Å². The zero-order chi connectivity index (χ0) is 15.8. The summed E-state index contributed by atoms with van der Waals surface area (Å²) in [5.41, 5.74) is 6.95. The molecule has 0 spiro atoms. The molecule has 122 valence electrons. The zero-order valence-electron chi connectivity index (χ0n) is 13.0. The lowest BCUT2D eigenvalue weighted by molar-refractivity contribution is 0.0531. The molecule has 5 nitrogen and oxygen atoms in total. The van der Waals surface area contributed by atoms with Gasteiger partial charge in [-0.2, -0.15) is 0 Å². The third-order valence-electron chi connectivity index (χ3n) is 4.06. The van der Waals surface area contributed by atoms with Crippen molar-refractivity contribution in [1.29, 1.82) is 0 Å². The number of rotatable bonds is 6. The van der Waals surface area contributed by atoms with Crippen LogP contribution in [0.5, 0.6) is 0 Å². The molecule has 0 saturated carbocycles. The molecule has 0 amide bonds. The molecule has 0 atom stereocenters. The fraction of sp³-hybridized carbons (Fsp3) is 0.562. The monoisotopic (exact) mass is 325 g/mol. The molecule has 3 N–H and O–H groups in total. The summed E-state index contributed by atoms with van der Waals surface area (Å²) in [5.74, 6) is 0.440. The standard InChI is InChI=1S/C16H24ClN3O2/c1-21-11-8-19-15(18)20-12-16(6-9-22-10-7-16)13-4-2-3-5-14(13)17/h2-5H,6-12H2,1H3,(H3,18,19,20). The molecular weight excluding hydrogens is 302 g/mol. The van der Waals surface area contributed by atoms with Gasteiger partial charge in [-0.05, 0) is 24.5 Å². The highest BCUT2D eigenvalue weighted by molar-refractivity contribution is 6.31. The molecule has 22 heavy (non-hydrogen) atoms. The van der Waals surface area contributed by atoms with Gasteiger partial charge in [0.1, 0.15) is 0 Å². The Morgan fingerprint density at radius 1 is 1.41 bits per heavy atom. The second kappa shape index (κ2) is 8.36. The summed E-state index contributed by atoms with van der Waals surface area (Å²) >= 11 is 6.41. The quantitative estimate of drug-likeness (QED) is 0.476. The van der Waals surface area contributed by atoms with E-state index in [1.807, 2.05) is 18.2 Å². The van der Waals surface area contributed by atoms with Gasteiger partial charge in [-0.1, -0.05) is 29.8 Å². The summed E-state index contributed by atoms with van der Waals surface area (Å²) < 4.78 is 10.5. The summed E-state index contributed by atoms with van der Waals surface area (Å²) in [6, 6.07) is 7.97. The first kappa shape index (κ1) is 17.1. The van der Waals surface area contributed by atoms with E-state index in [0.29, 0.717) is 25.7 Å². The third kappa shape index (κ3) is 4.35. The van der Waals surface area contributed by atoms with E-state index in [9.17, 15) is 0 Å². The Balaban J connectivity index is 2.13. The predicted octanol–water partition coefficient (Wildman–Crippen LogP) is 1.94. The van der Waals surface area contributed by atoms with E-state index in [4.69, 9.17) is 26.8 Å². The van der Waals surface area contributed by atoms with E-state index in [2.05, 4.69) is 16.4 Å². The Bertz CT molecular complexity index is 502. The summed E-state index contributed by atoms with van der Waals surface area (Å²) in [6.07, 6.45) is 1.79. The topological polar surface area (TPSA) is 68.9 Å². The van der Waals surface area contributed by atoms with Crippen molar-refractivity contribution in [2.45, 2.75) is 18.3 Å². The number of hydrogen-bond donors (Lipinski definition) is 2. The lowest BCUT2D eigenvalue weighted by atomic mass is 9.74. The van der Waals surface area contributed by atoms with Gasteiger partial charge in [-0.15, -0.1) is 0 Å². The van der Waals surface area contributed by atoms with Crippen LogP contribution in [0.25, 0.3) is 0 Å². The van der Waals surface area contributed by atoms with Crippen molar-refractivity contribution in [2.24, 2.45) is 10.7 Å². The zero-order valence-corrected chi connectivity index (χ0v) is 13.7. The van der Waals surface area contributed by atoms with Crippen LogP contribution >= 0.6 is 11.6 Å². The van der Waals surface area contributed by atoms with Gasteiger partial charge in [0, 0.05) is 37.3 Å². The van der Waals surface area contributed by atoms with E-state index in [-0.39, 0.29) is 5.41 Å². The van der Waals surface area contributed by atoms with Gasteiger partial charge >= 0.3 is 0 Å². The molecule has 1 saturated heterocycles. The molecular formula is C16H24ClN3O2. The van der Waals surface area contributed by atoms with Crippen LogP contribution in [0.2, 0.25) is 5.02 Å². The van der Waals surface area contributed by atoms with E-state index in [1.165, 1.54) is 0 Å². The predicted molar refractivity (Wildman–Crippen MR) is 89.6 cm³/mol. The van der Waals surface area contributed by atoms with Gasteiger partial charge in [-0.3, -0.25) is 4.99 Å². The third-order valence-corrected chi connectivity index (χ3v) is 4.39. The Morgan fingerprint density at radius 2 is 2.14 bits per heavy atom. The maximum atomic E-state index is 6.41. The normalized spacial score (nSPS) is 18.2. The molecule has 2 rings (SSSR count). The minimum Gasteiger partial charge on any atom is -0.383 e. The Kier molecular flexibility index (Phi) is 6.49. The van der Waals surface area contributed by atoms with E-state index >= 15 is 0 Å². The molecule has 1 fully saturated rings. The van der Waals surface area contributed by atoms with E-state index in [0.717, 1.165) is 36.6 Å². The van der Waals surface area contributed by atoms with Crippen LogP contribution in [-0.4, -0.2) is 46.0 Å². The lowest BCUT2D eigenvalue weighted by Gasteiger charge is -2.37. The smallest absolute Gasteiger partial charge is 0.188 e. The van der Waals surface area contributed by atoms with Crippen molar-refractivity contribution in [3.63, 3.8) is 0 Å². The molecule has 6 heteroatoms. The van der Waals surface area contributed by atoms with Crippen molar-refractivity contribution in [3.05, 3.63) is 34.9 Å². The number of nitrogens with one attached hydrogen (secondary N) is 1. The second-order valence-corrected chi connectivity index (χ2v) is 5.90. The maximum absolute atomic E-state index is 6.41. The fourth-order valence-corrected chi connectivity index (χ4v) is 3.08. The molecule has 0 bridgehead atoms. The summed E-state index contributed by atoms with van der Waals surface area (Å²) in [4.78, 5) is 4.52. The van der Waals surface area contributed by atoms with Crippen LogP contribution in [0.1, 0.15) is 18.4 Å². The van der Waals surface area contributed by atoms with Gasteiger partial charge in [0.2, 0.25) is 0 Å². The van der Waals surface area contributed by atoms with Crippen molar-refractivity contribution >= 4 is 17.6 Å². The average Bonchev–Trinajstić information content (AvgIpc) is 2.54. The average molecular weight is 326 g/mol. The van der Waals surface area contributed by atoms with Crippen molar-refractivity contribution in [1.82, 2.24) is 5.32 Å². The number of ether oxygens (including phenoxy) is 2. The van der Waals surface area contributed by atoms with Gasteiger partial charge in [0.05, 0.1) is 13.2 Å². The second-order valence-electron chi connectivity index (χ2n) is 5.49. The summed E-state index contributed by atoms with van der Waals surface area (Å²) in [7, 11) is 1.66.